The lowest BCUT2D eigenvalue weighted by molar-refractivity contribution is -0.0502. The normalized spacial score (nSPS) is 17.6. The highest BCUT2D eigenvalue weighted by molar-refractivity contribution is 7.90. The summed E-state index contributed by atoms with van der Waals surface area (Å²) in [6.07, 6.45) is 1.27. The fraction of sp³-hybridized carbons (Fsp3) is 0.353. The van der Waals surface area contributed by atoms with E-state index in [0.29, 0.717) is 25.0 Å². The van der Waals surface area contributed by atoms with Gasteiger partial charge < -0.3 is 9.08 Å². The first-order chi connectivity index (χ1) is 16.5. The number of hydrogen-bond donors (Lipinski definition) is 0. The minimum absolute atomic E-state index is 0.0886. The topological polar surface area (TPSA) is 124 Å². The highest BCUT2D eigenvalue weighted by Crippen LogP contribution is 2.40. The van der Waals surface area contributed by atoms with Crippen molar-refractivity contribution in [2.75, 3.05) is 11.4 Å². The molecule has 0 spiro atoms. The second-order valence-electron chi connectivity index (χ2n) is 7.39. The van der Waals surface area contributed by atoms with Crippen LogP contribution in [0.5, 0.6) is 5.88 Å². The lowest BCUT2D eigenvalue weighted by atomic mass is 10.1. The maximum Gasteiger partial charge on any atom is 0.534 e. The van der Waals surface area contributed by atoms with E-state index < -0.39 is 60.1 Å². The molecule has 0 saturated carbocycles. The van der Waals surface area contributed by atoms with Crippen LogP contribution in [0.3, 0.4) is 0 Å². The molecule has 19 heteroatoms. The van der Waals surface area contributed by atoms with Crippen molar-refractivity contribution in [3.8, 4) is 5.88 Å². The summed E-state index contributed by atoms with van der Waals surface area (Å²) in [5, 5.41) is 0. The molecule has 0 radical (unpaired) electrons. The standard InChI is InChI=1S/C17H12F7N5O5S2/c18-9-6-10(15(25-7-9)34-36(32,33)17(22,23)24)12-2-1-5-28(12)13-4-3-11-14(27-13)29(8-26-11)35(30,31)16(19,20)21/h3-4,6-8,12H,1-2,5H2/t12-/m1/s1. The predicted molar refractivity (Wildman–Crippen MR) is 107 cm³/mol. The molecule has 0 aliphatic carbocycles. The van der Waals surface area contributed by atoms with E-state index in [-0.39, 0.29) is 28.3 Å². The first-order valence-electron chi connectivity index (χ1n) is 9.62. The van der Waals surface area contributed by atoms with Crippen LogP contribution in [0.1, 0.15) is 24.4 Å². The van der Waals surface area contributed by atoms with Crippen molar-refractivity contribution in [2.45, 2.75) is 29.9 Å². The molecule has 0 aromatic carbocycles. The van der Waals surface area contributed by atoms with Crippen LogP contribution in [0.15, 0.2) is 30.7 Å². The quantitative estimate of drug-likeness (QED) is 0.261. The van der Waals surface area contributed by atoms with Crippen molar-refractivity contribution in [3.05, 3.63) is 42.1 Å². The Morgan fingerprint density at radius 2 is 1.69 bits per heavy atom. The van der Waals surface area contributed by atoms with Crippen LogP contribution >= 0.6 is 0 Å². The average molecular weight is 563 g/mol. The van der Waals surface area contributed by atoms with E-state index in [1.165, 1.54) is 11.0 Å². The molecule has 1 fully saturated rings. The Morgan fingerprint density at radius 3 is 2.33 bits per heavy atom. The SMILES string of the molecule is O=S(=O)(Oc1ncc(F)cc1[C@H]1CCCN1c1ccc2ncn(S(=O)(=O)C(F)(F)F)c2n1)C(F)(F)F. The van der Waals surface area contributed by atoms with E-state index in [0.717, 1.165) is 6.07 Å². The van der Waals surface area contributed by atoms with Crippen molar-refractivity contribution in [3.63, 3.8) is 0 Å². The van der Waals surface area contributed by atoms with Crippen LogP contribution in [0, 0.1) is 5.82 Å². The summed E-state index contributed by atoms with van der Waals surface area (Å²) in [5.74, 6) is -2.24. The van der Waals surface area contributed by atoms with Gasteiger partial charge in [0.15, 0.2) is 5.65 Å². The molecular formula is C17H12F7N5O5S2. The molecule has 3 aromatic rings. The Balaban J connectivity index is 1.79. The van der Waals surface area contributed by atoms with Crippen molar-refractivity contribution >= 4 is 37.1 Å². The van der Waals surface area contributed by atoms with Gasteiger partial charge in [0.2, 0.25) is 5.88 Å². The molecule has 1 saturated heterocycles. The van der Waals surface area contributed by atoms with Crippen molar-refractivity contribution in [2.24, 2.45) is 0 Å². The Kier molecular flexibility index (Phi) is 6.05. The van der Waals surface area contributed by atoms with Gasteiger partial charge in [-0.05, 0) is 31.0 Å². The van der Waals surface area contributed by atoms with Crippen LogP contribution in [0.4, 0.5) is 36.6 Å². The smallest absolute Gasteiger partial charge is 0.355 e. The molecule has 10 nitrogen and oxygen atoms in total. The average Bonchev–Trinajstić information content (AvgIpc) is 3.40. The van der Waals surface area contributed by atoms with Gasteiger partial charge in [-0.25, -0.2) is 23.3 Å². The minimum atomic E-state index is -6.16. The van der Waals surface area contributed by atoms with Crippen LogP contribution in [0.2, 0.25) is 0 Å². The summed E-state index contributed by atoms with van der Waals surface area (Å²) >= 11 is 0. The monoisotopic (exact) mass is 563 g/mol. The number of pyridine rings is 2. The predicted octanol–water partition coefficient (Wildman–Crippen LogP) is 3.23. The molecule has 0 N–H and O–H groups in total. The molecule has 1 aliphatic rings. The van der Waals surface area contributed by atoms with E-state index in [1.807, 2.05) is 0 Å². The van der Waals surface area contributed by atoms with Crippen LogP contribution in [-0.2, 0) is 20.1 Å². The van der Waals surface area contributed by atoms with Gasteiger partial charge in [-0.15, -0.1) is 0 Å². The number of halogens is 7. The van der Waals surface area contributed by atoms with E-state index in [9.17, 15) is 47.6 Å². The van der Waals surface area contributed by atoms with Gasteiger partial charge >= 0.3 is 31.2 Å². The molecule has 1 aliphatic heterocycles. The van der Waals surface area contributed by atoms with Gasteiger partial charge in [0.05, 0.1) is 12.2 Å². The third-order valence-electron chi connectivity index (χ3n) is 5.13. The summed E-state index contributed by atoms with van der Waals surface area (Å²) in [5.41, 5.74) is -12.8. The Morgan fingerprint density at radius 1 is 1.00 bits per heavy atom. The van der Waals surface area contributed by atoms with Crippen LogP contribution in [0.25, 0.3) is 11.2 Å². The fourth-order valence-electron chi connectivity index (χ4n) is 3.58. The van der Waals surface area contributed by atoms with Crippen molar-refractivity contribution in [1.29, 1.82) is 0 Å². The molecule has 0 unspecified atom stereocenters. The highest BCUT2D eigenvalue weighted by atomic mass is 32.2. The summed E-state index contributed by atoms with van der Waals surface area (Å²) < 4.78 is 142. The number of alkyl halides is 6. The lowest BCUT2D eigenvalue weighted by Gasteiger charge is -2.27. The number of aromatic nitrogens is 4. The summed E-state index contributed by atoms with van der Waals surface area (Å²) in [4.78, 5) is 12.1. The van der Waals surface area contributed by atoms with Gasteiger partial charge in [-0.1, -0.05) is 0 Å². The third-order valence-corrected chi connectivity index (χ3v) is 7.44. The molecule has 4 rings (SSSR count). The lowest BCUT2D eigenvalue weighted by Crippen LogP contribution is -2.30. The fourth-order valence-corrected chi connectivity index (χ4v) is 4.77. The minimum Gasteiger partial charge on any atom is -0.355 e. The van der Waals surface area contributed by atoms with Gasteiger partial charge in [0.25, 0.3) is 0 Å². The Labute approximate surface area is 197 Å². The Hall–Kier alpha value is -3.22. The number of imidazole rings is 1. The first-order valence-corrected chi connectivity index (χ1v) is 12.5. The molecule has 36 heavy (non-hydrogen) atoms. The summed E-state index contributed by atoms with van der Waals surface area (Å²) in [6, 6.07) is 2.03. The zero-order chi connectivity index (χ0) is 26.7. The highest BCUT2D eigenvalue weighted by Gasteiger charge is 2.50. The van der Waals surface area contributed by atoms with E-state index >= 15 is 0 Å². The molecule has 0 bridgehead atoms. The van der Waals surface area contributed by atoms with Crippen molar-refractivity contribution in [1.82, 2.24) is 18.9 Å². The van der Waals surface area contributed by atoms with Crippen LogP contribution in [-0.4, -0.2) is 53.3 Å². The second kappa shape index (κ2) is 8.43. The summed E-state index contributed by atoms with van der Waals surface area (Å²) in [6.45, 7) is 0.0886. The van der Waals surface area contributed by atoms with Crippen molar-refractivity contribution < 1.29 is 51.8 Å². The maximum atomic E-state index is 14.0. The second-order valence-corrected chi connectivity index (χ2v) is 10.7. The number of anilines is 1. The third kappa shape index (κ3) is 4.40. The number of rotatable bonds is 5. The summed E-state index contributed by atoms with van der Waals surface area (Å²) in [7, 11) is -12.1. The van der Waals surface area contributed by atoms with Gasteiger partial charge in [-0.2, -0.15) is 43.2 Å². The van der Waals surface area contributed by atoms with Gasteiger partial charge in [0.1, 0.15) is 23.5 Å². The first kappa shape index (κ1) is 25.9. The molecule has 196 valence electrons. The van der Waals surface area contributed by atoms with Gasteiger partial charge in [-0.3, -0.25) is 0 Å². The number of nitrogens with zero attached hydrogens (tertiary/aromatic N) is 5. The van der Waals surface area contributed by atoms with E-state index in [2.05, 4.69) is 19.1 Å². The number of hydrogen-bond acceptors (Lipinski definition) is 9. The zero-order valence-corrected chi connectivity index (χ0v) is 19.0. The Bertz CT molecular complexity index is 1540. The zero-order valence-electron chi connectivity index (χ0n) is 17.3. The molecule has 3 aromatic heterocycles. The van der Waals surface area contributed by atoms with Gasteiger partial charge in [0, 0.05) is 12.1 Å². The number of fused-ring (bicyclic) bond motifs is 1. The van der Waals surface area contributed by atoms with Crippen LogP contribution < -0.4 is 9.08 Å². The molecular weight excluding hydrogens is 551 g/mol. The maximum absolute atomic E-state index is 14.0. The largest absolute Gasteiger partial charge is 0.534 e. The van der Waals surface area contributed by atoms with E-state index in [4.69, 9.17) is 0 Å². The molecule has 0 amide bonds. The molecule has 1 atom stereocenters. The van der Waals surface area contributed by atoms with E-state index in [1.54, 1.807) is 0 Å². The molecule has 4 heterocycles.